The van der Waals surface area contributed by atoms with Gasteiger partial charge in [0.2, 0.25) is 0 Å². The van der Waals surface area contributed by atoms with Crippen molar-refractivity contribution in [1.82, 2.24) is 0 Å². The van der Waals surface area contributed by atoms with E-state index in [1.165, 1.54) is 128 Å². The third-order valence-electron chi connectivity index (χ3n) is 8.20. The minimum absolute atomic E-state index is 0.198. The van der Waals surface area contributed by atoms with E-state index in [0.717, 1.165) is 24.3 Å². The fourth-order valence-corrected chi connectivity index (χ4v) is 5.33. The van der Waals surface area contributed by atoms with Crippen LogP contribution >= 0.6 is 0 Å². The predicted octanol–water partition coefficient (Wildman–Crippen LogP) is 11.9. The number of allylic oxidation sites excluding steroid dienone is 2. The molecule has 0 aliphatic rings. The first-order valence-corrected chi connectivity index (χ1v) is 17.9. The first-order valence-electron chi connectivity index (χ1n) is 17.9. The Morgan fingerprint density at radius 3 is 1.00 bits per heavy atom. The van der Waals surface area contributed by atoms with Crippen LogP contribution in [0.4, 0.5) is 0 Å². The Morgan fingerprint density at radius 1 is 0.432 bits per heavy atom. The molecular weight excluding hydrogens is 544 g/mol. The van der Waals surface area contributed by atoms with E-state index >= 15 is 0 Å². The highest BCUT2D eigenvalue weighted by molar-refractivity contribution is 6.11. The maximum absolute atomic E-state index is 12.6. The lowest BCUT2D eigenvalue weighted by Gasteiger charge is -2.07. The molecule has 0 aromatic heterocycles. The molecule has 0 saturated carbocycles. The molecule has 2 rings (SSSR count). The number of carbonyl (C=O) groups is 2. The normalized spacial score (nSPS) is 11.2. The Hall–Kier alpha value is -2.88. The minimum Gasteiger partial charge on any atom is -0.494 e. The summed E-state index contributed by atoms with van der Waals surface area (Å²) in [6, 6.07) is 14.3. The van der Waals surface area contributed by atoms with Gasteiger partial charge in [-0.25, -0.2) is 0 Å². The lowest BCUT2D eigenvalue weighted by atomic mass is 10.1. The van der Waals surface area contributed by atoms with Gasteiger partial charge in [0, 0.05) is 11.1 Å². The van der Waals surface area contributed by atoms with Gasteiger partial charge in [0.1, 0.15) is 11.5 Å². The molecule has 0 aliphatic carbocycles. The molecule has 0 atom stereocenters. The van der Waals surface area contributed by atoms with Crippen LogP contribution in [-0.4, -0.2) is 24.8 Å². The molecule has 0 bridgehead atoms. The van der Waals surface area contributed by atoms with E-state index < -0.39 is 0 Å². The second-order valence-electron chi connectivity index (χ2n) is 12.2. The van der Waals surface area contributed by atoms with Gasteiger partial charge in [-0.05, 0) is 73.5 Å². The standard InChI is InChI=1S/C40H60O4/c1-3-5-7-9-11-13-15-17-19-21-33-43-37-27-23-35(24-28-37)39(41)31-32-40(42)36-25-29-38(30-26-36)44-34-22-20-18-16-14-12-10-8-6-4-2/h23-32H,3-22,33-34H2,1-2H3/b32-31+. The van der Waals surface area contributed by atoms with Crippen molar-refractivity contribution < 1.29 is 19.1 Å². The summed E-state index contributed by atoms with van der Waals surface area (Å²) < 4.78 is 11.7. The summed E-state index contributed by atoms with van der Waals surface area (Å²) in [4.78, 5) is 25.2. The second-order valence-corrected chi connectivity index (χ2v) is 12.2. The molecule has 0 N–H and O–H groups in total. The van der Waals surface area contributed by atoms with Gasteiger partial charge in [-0.1, -0.05) is 129 Å². The predicted molar refractivity (Wildman–Crippen MR) is 185 cm³/mol. The van der Waals surface area contributed by atoms with Crippen LogP contribution in [0.5, 0.6) is 11.5 Å². The molecule has 2 aromatic carbocycles. The maximum atomic E-state index is 12.6. The van der Waals surface area contributed by atoms with Gasteiger partial charge in [0.25, 0.3) is 0 Å². The Kier molecular flexibility index (Phi) is 21.6. The van der Waals surface area contributed by atoms with Crippen LogP contribution in [0.25, 0.3) is 0 Å². The number of ether oxygens (including phenoxy) is 2. The van der Waals surface area contributed by atoms with Gasteiger partial charge < -0.3 is 9.47 Å². The van der Waals surface area contributed by atoms with Crippen LogP contribution in [0, 0.1) is 0 Å². The van der Waals surface area contributed by atoms with Crippen molar-refractivity contribution in [1.29, 1.82) is 0 Å². The molecule has 0 radical (unpaired) electrons. The topological polar surface area (TPSA) is 52.6 Å². The average Bonchev–Trinajstić information content (AvgIpc) is 3.05. The van der Waals surface area contributed by atoms with Crippen molar-refractivity contribution in [3.63, 3.8) is 0 Å². The summed E-state index contributed by atoms with van der Waals surface area (Å²) in [5.41, 5.74) is 1.08. The molecule has 0 saturated heterocycles. The zero-order valence-electron chi connectivity index (χ0n) is 28.0. The number of hydrogen-bond acceptors (Lipinski definition) is 4. The summed E-state index contributed by atoms with van der Waals surface area (Å²) in [6.07, 6.45) is 28.7. The molecule has 4 heteroatoms. The van der Waals surface area contributed by atoms with Crippen LogP contribution in [0.15, 0.2) is 60.7 Å². The fraction of sp³-hybridized carbons (Fsp3) is 0.600. The van der Waals surface area contributed by atoms with Crippen molar-refractivity contribution in [2.45, 2.75) is 142 Å². The lowest BCUT2D eigenvalue weighted by molar-refractivity contribution is 0.102. The summed E-state index contributed by atoms with van der Waals surface area (Å²) in [5, 5.41) is 0. The number of benzene rings is 2. The SMILES string of the molecule is CCCCCCCCCCCCOc1ccc(C(=O)/C=C/C(=O)c2ccc(OCCCCCCCCCCCC)cc2)cc1. The molecular formula is C40H60O4. The molecule has 0 amide bonds. The highest BCUT2D eigenvalue weighted by Gasteiger charge is 2.06. The number of rotatable bonds is 28. The first kappa shape index (κ1) is 37.3. The molecule has 0 spiro atoms. The summed E-state index contributed by atoms with van der Waals surface area (Å²) >= 11 is 0. The maximum Gasteiger partial charge on any atom is 0.185 e. The Bertz CT molecular complexity index is 939. The average molecular weight is 605 g/mol. The molecule has 244 valence electrons. The molecule has 0 aliphatic heterocycles. The number of carbonyl (C=O) groups excluding carboxylic acids is 2. The van der Waals surface area contributed by atoms with Crippen LogP contribution in [0.3, 0.4) is 0 Å². The van der Waals surface area contributed by atoms with Crippen molar-refractivity contribution in [2.75, 3.05) is 13.2 Å². The Morgan fingerprint density at radius 2 is 0.705 bits per heavy atom. The van der Waals surface area contributed by atoms with Gasteiger partial charge in [0.05, 0.1) is 13.2 Å². The van der Waals surface area contributed by atoms with E-state index in [1.807, 2.05) is 24.3 Å². The minimum atomic E-state index is -0.198. The smallest absolute Gasteiger partial charge is 0.185 e. The quantitative estimate of drug-likeness (QED) is 0.0551. The lowest BCUT2D eigenvalue weighted by Crippen LogP contribution is -2.01. The Labute approximate surface area is 269 Å². The van der Waals surface area contributed by atoms with Crippen molar-refractivity contribution in [3.05, 3.63) is 71.8 Å². The van der Waals surface area contributed by atoms with Gasteiger partial charge >= 0.3 is 0 Å². The van der Waals surface area contributed by atoms with Crippen LogP contribution < -0.4 is 9.47 Å². The summed E-state index contributed by atoms with van der Waals surface area (Å²) in [6.45, 7) is 5.91. The van der Waals surface area contributed by atoms with Gasteiger partial charge in [-0.2, -0.15) is 0 Å². The van der Waals surface area contributed by atoms with Crippen LogP contribution in [0.2, 0.25) is 0 Å². The largest absolute Gasteiger partial charge is 0.494 e. The van der Waals surface area contributed by atoms with Crippen LogP contribution in [-0.2, 0) is 0 Å². The van der Waals surface area contributed by atoms with E-state index in [2.05, 4.69) is 13.8 Å². The van der Waals surface area contributed by atoms with E-state index in [-0.39, 0.29) is 11.6 Å². The van der Waals surface area contributed by atoms with E-state index in [4.69, 9.17) is 9.47 Å². The monoisotopic (exact) mass is 604 g/mol. The van der Waals surface area contributed by atoms with Gasteiger partial charge in [0.15, 0.2) is 11.6 Å². The zero-order valence-corrected chi connectivity index (χ0v) is 28.0. The molecule has 44 heavy (non-hydrogen) atoms. The highest BCUT2D eigenvalue weighted by atomic mass is 16.5. The zero-order chi connectivity index (χ0) is 31.5. The van der Waals surface area contributed by atoms with Crippen molar-refractivity contribution in [3.8, 4) is 11.5 Å². The second kappa shape index (κ2) is 25.4. The number of unbranched alkanes of at least 4 members (excludes halogenated alkanes) is 18. The fourth-order valence-electron chi connectivity index (χ4n) is 5.33. The third kappa shape index (κ3) is 18.0. The Balaban J connectivity index is 1.57. The number of hydrogen-bond donors (Lipinski definition) is 0. The molecule has 0 fully saturated rings. The van der Waals surface area contributed by atoms with E-state index in [1.54, 1.807) is 24.3 Å². The highest BCUT2D eigenvalue weighted by Crippen LogP contribution is 2.17. The number of ketones is 2. The molecule has 2 aromatic rings. The van der Waals surface area contributed by atoms with E-state index in [9.17, 15) is 9.59 Å². The summed E-state index contributed by atoms with van der Waals surface area (Å²) in [7, 11) is 0. The van der Waals surface area contributed by atoms with Gasteiger partial charge in [-0.15, -0.1) is 0 Å². The van der Waals surface area contributed by atoms with Crippen molar-refractivity contribution >= 4 is 11.6 Å². The molecule has 0 unspecified atom stereocenters. The molecule has 0 heterocycles. The van der Waals surface area contributed by atoms with E-state index in [0.29, 0.717) is 24.3 Å². The van der Waals surface area contributed by atoms with Crippen LogP contribution in [0.1, 0.15) is 163 Å². The summed E-state index contributed by atoms with van der Waals surface area (Å²) in [5.74, 6) is 1.15. The molecule has 4 nitrogen and oxygen atoms in total. The third-order valence-corrected chi connectivity index (χ3v) is 8.20. The first-order chi connectivity index (χ1) is 21.6. The van der Waals surface area contributed by atoms with Gasteiger partial charge in [-0.3, -0.25) is 9.59 Å². The van der Waals surface area contributed by atoms with Crippen molar-refractivity contribution in [2.24, 2.45) is 0 Å².